The van der Waals surface area contributed by atoms with E-state index >= 15 is 0 Å². The number of aromatic nitrogens is 1. The molecule has 82 valence electrons. The normalized spacial score (nSPS) is 16.7. The molecular formula is C10H15N3OS. The molecule has 1 aliphatic rings. The molecule has 15 heavy (non-hydrogen) atoms. The van der Waals surface area contributed by atoms with Gasteiger partial charge in [-0.25, -0.2) is 4.98 Å². The molecule has 0 saturated carbocycles. The average Bonchev–Trinajstić information content (AvgIpc) is 2.62. The number of carbonyl (C=O) groups is 1. The molecule has 0 aromatic carbocycles. The van der Waals surface area contributed by atoms with E-state index in [1.54, 1.807) is 0 Å². The highest BCUT2D eigenvalue weighted by Gasteiger charge is 2.18. The van der Waals surface area contributed by atoms with Crippen molar-refractivity contribution < 1.29 is 4.79 Å². The van der Waals surface area contributed by atoms with Crippen molar-refractivity contribution in [3.05, 3.63) is 10.6 Å². The van der Waals surface area contributed by atoms with E-state index in [1.807, 2.05) is 6.92 Å². The van der Waals surface area contributed by atoms with Crippen molar-refractivity contribution >= 4 is 22.4 Å². The van der Waals surface area contributed by atoms with E-state index in [0.29, 0.717) is 4.88 Å². The first-order chi connectivity index (χ1) is 7.18. The number of nitrogens with two attached hydrogens (primary N) is 1. The van der Waals surface area contributed by atoms with Crippen molar-refractivity contribution in [2.45, 2.75) is 26.2 Å². The molecular weight excluding hydrogens is 210 g/mol. The topological polar surface area (TPSA) is 59.2 Å². The summed E-state index contributed by atoms with van der Waals surface area (Å²) in [6.07, 6.45) is 3.72. The monoisotopic (exact) mass is 225 g/mol. The molecule has 0 atom stereocenters. The Labute approximate surface area is 93.1 Å². The van der Waals surface area contributed by atoms with Crippen LogP contribution in [0.5, 0.6) is 0 Å². The second-order valence-electron chi connectivity index (χ2n) is 3.82. The van der Waals surface area contributed by atoms with Gasteiger partial charge in [-0.2, -0.15) is 0 Å². The van der Waals surface area contributed by atoms with Gasteiger partial charge in [-0.3, -0.25) is 4.79 Å². The molecule has 1 aliphatic heterocycles. The number of rotatable bonds is 2. The van der Waals surface area contributed by atoms with E-state index < -0.39 is 0 Å². The van der Waals surface area contributed by atoms with Crippen molar-refractivity contribution in [2.24, 2.45) is 5.73 Å². The van der Waals surface area contributed by atoms with Crippen LogP contribution in [-0.2, 0) is 0 Å². The lowest BCUT2D eigenvalue weighted by Gasteiger charge is -2.25. The molecule has 0 unspecified atom stereocenters. The van der Waals surface area contributed by atoms with Crippen LogP contribution in [-0.4, -0.2) is 24.0 Å². The van der Waals surface area contributed by atoms with Crippen LogP contribution < -0.4 is 10.6 Å². The summed E-state index contributed by atoms with van der Waals surface area (Å²) in [5, 5.41) is 0.945. The van der Waals surface area contributed by atoms with Crippen LogP contribution in [0.2, 0.25) is 0 Å². The molecule has 4 nitrogen and oxygen atoms in total. The summed E-state index contributed by atoms with van der Waals surface area (Å²) < 4.78 is 0. The van der Waals surface area contributed by atoms with Crippen LogP contribution in [0.3, 0.4) is 0 Å². The molecule has 0 spiro atoms. The number of carbonyl (C=O) groups excluding carboxylic acids is 1. The van der Waals surface area contributed by atoms with Crippen LogP contribution in [0.15, 0.2) is 0 Å². The van der Waals surface area contributed by atoms with Crippen LogP contribution in [0.25, 0.3) is 0 Å². The van der Waals surface area contributed by atoms with Gasteiger partial charge in [-0.15, -0.1) is 0 Å². The average molecular weight is 225 g/mol. The van der Waals surface area contributed by atoms with Gasteiger partial charge in [0, 0.05) is 13.1 Å². The summed E-state index contributed by atoms with van der Waals surface area (Å²) >= 11 is 1.41. The highest BCUT2D eigenvalue weighted by molar-refractivity contribution is 7.17. The lowest BCUT2D eigenvalue weighted by molar-refractivity contribution is 0.100. The smallest absolute Gasteiger partial charge is 0.260 e. The Balaban J connectivity index is 2.21. The molecule has 1 saturated heterocycles. The number of amides is 1. The van der Waals surface area contributed by atoms with Gasteiger partial charge >= 0.3 is 0 Å². The van der Waals surface area contributed by atoms with E-state index in [9.17, 15) is 4.79 Å². The number of nitrogens with zero attached hydrogens (tertiary/aromatic N) is 2. The van der Waals surface area contributed by atoms with Crippen molar-refractivity contribution in [3.8, 4) is 0 Å². The predicted octanol–water partition coefficient (Wildman–Crippen LogP) is 1.54. The maximum Gasteiger partial charge on any atom is 0.260 e. The molecule has 1 fully saturated rings. The molecule has 1 aromatic rings. The van der Waals surface area contributed by atoms with Gasteiger partial charge in [0.2, 0.25) is 0 Å². The van der Waals surface area contributed by atoms with Gasteiger partial charge in [0.25, 0.3) is 5.91 Å². The third-order valence-electron chi connectivity index (χ3n) is 2.64. The standard InChI is InChI=1S/C10H15N3OS/c1-7-8(9(11)14)15-10(12-7)13-5-3-2-4-6-13/h2-6H2,1H3,(H2,11,14). The Kier molecular flexibility index (Phi) is 2.90. The summed E-state index contributed by atoms with van der Waals surface area (Å²) in [6.45, 7) is 3.93. The zero-order valence-corrected chi connectivity index (χ0v) is 9.64. The van der Waals surface area contributed by atoms with Gasteiger partial charge < -0.3 is 10.6 Å². The van der Waals surface area contributed by atoms with Crippen molar-refractivity contribution in [1.29, 1.82) is 0 Å². The first kappa shape index (κ1) is 10.4. The number of hydrogen-bond donors (Lipinski definition) is 1. The summed E-state index contributed by atoms with van der Waals surface area (Å²) in [4.78, 5) is 18.3. The summed E-state index contributed by atoms with van der Waals surface area (Å²) in [5.41, 5.74) is 6.03. The number of hydrogen-bond acceptors (Lipinski definition) is 4. The minimum atomic E-state index is -0.367. The minimum absolute atomic E-state index is 0.367. The quantitative estimate of drug-likeness (QED) is 0.830. The van der Waals surface area contributed by atoms with Crippen LogP contribution in [0.1, 0.15) is 34.6 Å². The minimum Gasteiger partial charge on any atom is -0.365 e. The summed E-state index contributed by atoms with van der Waals surface area (Å²) in [5.74, 6) is -0.367. The Morgan fingerprint density at radius 2 is 2.07 bits per heavy atom. The largest absolute Gasteiger partial charge is 0.365 e. The van der Waals surface area contributed by atoms with Crippen LogP contribution in [0.4, 0.5) is 5.13 Å². The number of anilines is 1. The van der Waals surface area contributed by atoms with Gasteiger partial charge in [0.1, 0.15) is 4.88 Å². The van der Waals surface area contributed by atoms with Crippen LogP contribution >= 0.6 is 11.3 Å². The van der Waals surface area contributed by atoms with Gasteiger partial charge in [-0.1, -0.05) is 11.3 Å². The fourth-order valence-corrected chi connectivity index (χ4v) is 2.80. The van der Waals surface area contributed by atoms with Gasteiger partial charge in [-0.05, 0) is 26.2 Å². The maximum atomic E-state index is 11.1. The van der Waals surface area contributed by atoms with E-state index in [1.165, 1.54) is 30.6 Å². The first-order valence-corrected chi connectivity index (χ1v) is 6.02. The summed E-state index contributed by atoms with van der Waals surface area (Å²) in [6, 6.07) is 0. The Bertz CT molecular complexity index is 369. The number of aryl methyl sites for hydroxylation is 1. The fourth-order valence-electron chi connectivity index (χ4n) is 1.83. The zero-order valence-electron chi connectivity index (χ0n) is 8.82. The lowest BCUT2D eigenvalue weighted by atomic mass is 10.1. The SMILES string of the molecule is Cc1nc(N2CCCCC2)sc1C(N)=O. The van der Waals surface area contributed by atoms with Gasteiger partial charge in [0.05, 0.1) is 5.69 Å². The van der Waals surface area contributed by atoms with E-state index in [-0.39, 0.29) is 5.91 Å². The Hall–Kier alpha value is -1.10. The third-order valence-corrected chi connectivity index (χ3v) is 3.87. The van der Waals surface area contributed by atoms with E-state index in [2.05, 4.69) is 9.88 Å². The second-order valence-corrected chi connectivity index (χ2v) is 4.80. The first-order valence-electron chi connectivity index (χ1n) is 5.20. The fraction of sp³-hybridized carbons (Fsp3) is 0.600. The molecule has 0 bridgehead atoms. The highest BCUT2D eigenvalue weighted by Crippen LogP contribution is 2.27. The van der Waals surface area contributed by atoms with E-state index in [4.69, 9.17) is 5.73 Å². The third kappa shape index (κ3) is 2.12. The molecule has 1 amide bonds. The van der Waals surface area contributed by atoms with Crippen molar-refractivity contribution in [2.75, 3.05) is 18.0 Å². The molecule has 5 heteroatoms. The molecule has 0 aliphatic carbocycles. The number of piperidine rings is 1. The molecule has 2 N–H and O–H groups in total. The lowest BCUT2D eigenvalue weighted by Crippen LogP contribution is -2.29. The van der Waals surface area contributed by atoms with Gasteiger partial charge in [0.15, 0.2) is 5.13 Å². The molecule has 1 aromatic heterocycles. The number of primary amides is 1. The predicted molar refractivity (Wildman–Crippen MR) is 61.4 cm³/mol. The summed E-state index contributed by atoms with van der Waals surface area (Å²) in [7, 11) is 0. The highest BCUT2D eigenvalue weighted by atomic mass is 32.1. The second kappa shape index (κ2) is 4.18. The number of thiazole rings is 1. The zero-order chi connectivity index (χ0) is 10.8. The Morgan fingerprint density at radius 3 is 2.60 bits per heavy atom. The Morgan fingerprint density at radius 1 is 1.40 bits per heavy atom. The molecule has 0 radical (unpaired) electrons. The molecule has 2 heterocycles. The van der Waals surface area contributed by atoms with E-state index in [0.717, 1.165) is 23.9 Å². The maximum absolute atomic E-state index is 11.1. The van der Waals surface area contributed by atoms with Crippen molar-refractivity contribution in [1.82, 2.24) is 4.98 Å². The molecule has 2 rings (SSSR count). The van der Waals surface area contributed by atoms with Crippen LogP contribution in [0, 0.1) is 6.92 Å². The van der Waals surface area contributed by atoms with Crippen molar-refractivity contribution in [3.63, 3.8) is 0 Å².